The van der Waals surface area contributed by atoms with E-state index >= 15 is 0 Å². The molecule has 0 saturated heterocycles. The van der Waals surface area contributed by atoms with Crippen LogP contribution in [-0.2, 0) is 15.0 Å². The molecule has 0 radical (unpaired) electrons. The van der Waals surface area contributed by atoms with Gasteiger partial charge in [0.1, 0.15) is 6.04 Å². The van der Waals surface area contributed by atoms with Crippen molar-refractivity contribution in [3.63, 3.8) is 0 Å². The first-order valence-corrected chi connectivity index (χ1v) is 13.2. The molecule has 1 aromatic carbocycles. The number of hydrogen-bond acceptors (Lipinski definition) is 5. The zero-order valence-electron chi connectivity index (χ0n) is 24.5. The van der Waals surface area contributed by atoms with E-state index in [9.17, 15) is 14.4 Å². The Bertz CT molecular complexity index is 1110. The molecule has 0 aliphatic heterocycles. The largest absolute Gasteiger partial charge is 0.342 e. The van der Waals surface area contributed by atoms with Crippen molar-refractivity contribution in [1.82, 2.24) is 25.5 Å². The molecule has 2 aromatic rings. The number of nitrogens with one attached hydrogen (secondary N) is 3. The number of carbonyl (C=O) groups is 3. The lowest BCUT2D eigenvalue weighted by atomic mass is 9.76. The highest BCUT2D eigenvalue weighted by molar-refractivity contribution is 5.95. The van der Waals surface area contributed by atoms with Crippen molar-refractivity contribution in [2.75, 3.05) is 14.1 Å². The Labute approximate surface area is 227 Å². The molecule has 0 aliphatic carbocycles. The van der Waals surface area contributed by atoms with Crippen molar-refractivity contribution < 1.29 is 14.4 Å². The highest BCUT2D eigenvalue weighted by Crippen LogP contribution is 2.29. The van der Waals surface area contributed by atoms with Gasteiger partial charge in [0.2, 0.25) is 17.6 Å². The molecule has 0 bridgehead atoms. The maximum Gasteiger partial charge on any atom is 0.249 e. The lowest BCUT2D eigenvalue weighted by Gasteiger charge is -2.39. The molecule has 1 heterocycles. The summed E-state index contributed by atoms with van der Waals surface area (Å²) in [6, 6.07) is 8.50. The average molecular weight is 524 g/mol. The van der Waals surface area contributed by atoms with Crippen molar-refractivity contribution in [2.45, 2.75) is 72.9 Å². The van der Waals surface area contributed by atoms with Crippen molar-refractivity contribution in [1.29, 1.82) is 0 Å². The quantitative estimate of drug-likeness (QED) is 0.380. The van der Waals surface area contributed by atoms with E-state index < -0.39 is 28.8 Å². The number of imidazole rings is 1. The molecule has 38 heavy (non-hydrogen) atoms. The van der Waals surface area contributed by atoms with Crippen molar-refractivity contribution in [2.24, 2.45) is 17.3 Å². The van der Waals surface area contributed by atoms with E-state index in [4.69, 9.17) is 0 Å². The van der Waals surface area contributed by atoms with E-state index in [-0.39, 0.29) is 29.3 Å². The molecule has 208 valence electrons. The SMILES string of the molecule is CN[C@H](C(=O)N[C@H](C(=O)N(C)C(=CC(C)C(=O)c1ncc[nH]1)C(C)C)C(C)(C)C)C(C)(C)c1ccccc1. The van der Waals surface area contributed by atoms with Crippen LogP contribution in [0.2, 0.25) is 0 Å². The third-order valence-corrected chi connectivity index (χ3v) is 7.07. The zero-order valence-corrected chi connectivity index (χ0v) is 24.5. The maximum atomic E-state index is 13.9. The van der Waals surface area contributed by atoms with Crippen LogP contribution in [0.5, 0.6) is 0 Å². The van der Waals surface area contributed by atoms with Crippen LogP contribution in [0.25, 0.3) is 0 Å². The second kappa shape index (κ2) is 12.5. The highest BCUT2D eigenvalue weighted by atomic mass is 16.2. The molecule has 0 spiro atoms. The first-order chi connectivity index (χ1) is 17.6. The second-order valence-electron chi connectivity index (χ2n) is 11.9. The van der Waals surface area contributed by atoms with Crippen LogP contribution in [-0.4, -0.2) is 58.6 Å². The number of likely N-dealkylation sites (N-methyl/N-ethyl adjacent to an activating group) is 2. The molecule has 3 N–H and O–H groups in total. The number of rotatable bonds is 11. The Balaban J connectivity index is 2.35. The van der Waals surface area contributed by atoms with Crippen LogP contribution in [0.15, 0.2) is 54.5 Å². The van der Waals surface area contributed by atoms with Gasteiger partial charge in [-0.3, -0.25) is 14.4 Å². The Morgan fingerprint density at radius 1 is 1.00 bits per heavy atom. The molecule has 3 atom stereocenters. The molecule has 2 rings (SSSR count). The van der Waals surface area contributed by atoms with E-state index in [2.05, 4.69) is 20.6 Å². The topological polar surface area (TPSA) is 107 Å². The normalized spacial score (nSPS) is 15.1. The van der Waals surface area contributed by atoms with Gasteiger partial charge in [-0.05, 0) is 23.9 Å². The Morgan fingerprint density at radius 3 is 2.08 bits per heavy atom. The minimum absolute atomic E-state index is 0.0332. The number of aromatic amines is 1. The van der Waals surface area contributed by atoms with Gasteiger partial charge in [0.05, 0.1) is 6.04 Å². The number of aromatic nitrogens is 2. The van der Waals surface area contributed by atoms with Crippen molar-refractivity contribution in [3.8, 4) is 0 Å². The molecule has 0 aliphatic rings. The number of carbonyl (C=O) groups excluding carboxylic acids is 3. The van der Waals surface area contributed by atoms with Crippen molar-refractivity contribution in [3.05, 3.63) is 65.9 Å². The van der Waals surface area contributed by atoms with Gasteiger partial charge in [-0.15, -0.1) is 0 Å². The minimum atomic E-state index is -0.791. The number of hydrogen-bond donors (Lipinski definition) is 3. The molecule has 1 aromatic heterocycles. The summed E-state index contributed by atoms with van der Waals surface area (Å²) in [5, 5.41) is 6.22. The van der Waals surface area contributed by atoms with Gasteiger partial charge in [0.15, 0.2) is 5.82 Å². The molecular weight excluding hydrogens is 478 g/mol. The Kier molecular flexibility index (Phi) is 10.2. The van der Waals surface area contributed by atoms with E-state index in [1.165, 1.54) is 6.20 Å². The fraction of sp³-hybridized carbons (Fsp3) is 0.533. The van der Waals surface area contributed by atoms with E-state index in [0.717, 1.165) is 5.56 Å². The van der Waals surface area contributed by atoms with Gasteiger partial charge in [0.25, 0.3) is 0 Å². The Hall–Kier alpha value is -3.26. The van der Waals surface area contributed by atoms with Crippen LogP contribution < -0.4 is 10.6 Å². The smallest absolute Gasteiger partial charge is 0.249 e. The number of H-pyrrole nitrogens is 1. The van der Waals surface area contributed by atoms with Crippen molar-refractivity contribution >= 4 is 17.6 Å². The third kappa shape index (κ3) is 7.19. The lowest BCUT2D eigenvalue weighted by molar-refractivity contribution is -0.138. The maximum absolute atomic E-state index is 13.9. The second-order valence-corrected chi connectivity index (χ2v) is 11.9. The summed E-state index contributed by atoms with van der Waals surface area (Å²) in [5.74, 6) is -0.888. The van der Waals surface area contributed by atoms with Gasteiger partial charge in [-0.25, -0.2) is 4.98 Å². The van der Waals surface area contributed by atoms with Gasteiger partial charge in [-0.2, -0.15) is 0 Å². The summed E-state index contributed by atoms with van der Waals surface area (Å²) >= 11 is 0. The van der Waals surface area contributed by atoms with Crippen LogP contribution >= 0.6 is 0 Å². The van der Waals surface area contributed by atoms with Crippen LogP contribution in [0.4, 0.5) is 0 Å². The number of ketones is 1. The predicted molar refractivity (Wildman–Crippen MR) is 151 cm³/mol. The fourth-order valence-electron chi connectivity index (χ4n) is 4.69. The summed E-state index contributed by atoms with van der Waals surface area (Å²) < 4.78 is 0. The van der Waals surface area contributed by atoms with Crippen LogP contribution in [0.3, 0.4) is 0 Å². The van der Waals surface area contributed by atoms with Crippen LogP contribution in [0.1, 0.15) is 71.6 Å². The number of allylic oxidation sites excluding steroid dienone is 2. The van der Waals surface area contributed by atoms with Gasteiger partial charge in [0, 0.05) is 36.5 Å². The van der Waals surface area contributed by atoms with Gasteiger partial charge >= 0.3 is 0 Å². The summed E-state index contributed by atoms with van der Waals surface area (Å²) in [7, 11) is 3.46. The van der Waals surface area contributed by atoms with E-state index in [1.54, 1.807) is 32.1 Å². The van der Waals surface area contributed by atoms with Crippen LogP contribution in [0, 0.1) is 17.3 Å². The fourth-order valence-corrected chi connectivity index (χ4v) is 4.69. The summed E-state index contributed by atoms with van der Waals surface area (Å²) in [6.45, 7) is 15.6. The third-order valence-electron chi connectivity index (χ3n) is 7.07. The number of nitrogens with zero attached hydrogens (tertiary/aromatic N) is 2. The standard InChI is InChI=1S/C30H45N5O3/c1-19(2)22(18-20(3)23(36)26-32-16-17-33-26)35(10)28(38)25(29(4,5)6)34-27(37)24(31-9)30(7,8)21-14-12-11-13-15-21/h11-20,24-25,31H,1-10H3,(H,32,33)(H,34,37)/t20?,24-,25-/m1/s1. The Morgan fingerprint density at radius 2 is 1.61 bits per heavy atom. The molecule has 0 fully saturated rings. The molecular formula is C30H45N5O3. The summed E-state index contributed by atoms with van der Waals surface area (Å²) in [6.07, 6.45) is 4.96. The van der Waals surface area contributed by atoms with Gasteiger partial charge in [-0.1, -0.05) is 91.8 Å². The highest BCUT2D eigenvalue weighted by Gasteiger charge is 2.41. The van der Waals surface area contributed by atoms with Gasteiger partial charge < -0.3 is 20.5 Å². The lowest BCUT2D eigenvalue weighted by Crippen LogP contribution is -2.60. The summed E-state index contributed by atoms with van der Waals surface area (Å²) in [4.78, 5) is 48.9. The van der Waals surface area contributed by atoms with E-state index in [1.807, 2.05) is 84.9 Å². The molecule has 0 saturated carbocycles. The molecule has 2 amide bonds. The average Bonchev–Trinajstić information content (AvgIpc) is 3.39. The molecule has 8 heteroatoms. The monoisotopic (exact) mass is 523 g/mol. The first kappa shape index (κ1) is 31.0. The molecule has 1 unspecified atom stereocenters. The molecule has 8 nitrogen and oxygen atoms in total. The predicted octanol–water partition coefficient (Wildman–Crippen LogP) is 4.32. The first-order valence-electron chi connectivity index (χ1n) is 13.2. The zero-order chi connectivity index (χ0) is 28.8. The number of Topliss-reactive ketones (excluding diaryl/α,β-unsaturated/α-hetero) is 1. The number of benzene rings is 1. The number of amides is 2. The summed E-state index contributed by atoms with van der Waals surface area (Å²) in [5.41, 5.74) is 0.641. The minimum Gasteiger partial charge on any atom is -0.342 e. The van der Waals surface area contributed by atoms with E-state index in [0.29, 0.717) is 5.70 Å².